The quantitative estimate of drug-likeness (QED) is 0.149. The molecule has 0 aromatic carbocycles. The lowest BCUT2D eigenvalue weighted by molar-refractivity contribution is -0.142. The van der Waals surface area contributed by atoms with Crippen molar-refractivity contribution in [3.63, 3.8) is 0 Å². The van der Waals surface area contributed by atoms with Crippen molar-refractivity contribution in [1.82, 2.24) is 10.2 Å². The molecule has 1 atom stereocenters. The molecule has 0 spiro atoms. The summed E-state index contributed by atoms with van der Waals surface area (Å²) in [5.74, 6) is 0.453. The van der Waals surface area contributed by atoms with E-state index in [1.807, 2.05) is 0 Å². The molecular formula is C21H36Cl2N2O4. The maximum atomic E-state index is 11.9. The lowest BCUT2D eigenvalue weighted by Gasteiger charge is -2.19. The number of nitrogens with zero attached hydrogens (tertiary/aromatic N) is 1. The summed E-state index contributed by atoms with van der Waals surface area (Å²) >= 11 is 11.6. The third kappa shape index (κ3) is 13.1. The molecular weight excluding hydrogens is 415 g/mol. The van der Waals surface area contributed by atoms with E-state index in [1.54, 1.807) is 0 Å². The van der Waals surface area contributed by atoms with Crippen LogP contribution in [0, 0.1) is 0 Å². The number of rotatable bonds is 18. The van der Waals surface area contributed by atoms with Gasteiger partial charge in [-0.15, -0.1) is 23.2 Å². The highest BCUT2D eigenvalue weighted by Gasteiger charge is 2.28. The van der Waals surface area contributed by atoms with Crippen LogP contribution in [0.2, 0.25) is 0 Å². The Labute approximate surface area is 185 Å². The Morgan fingerprint density at radius 1 is 0.931 bits per heavy atom. The minimum atomic E-state index is -0.584. The highest BCUT2D eigenvalue weighted by Crippen LogP contribution is 2.11. The number of alkyl halides is 2. The number of carbonyl (C=O) groups excluding carboxylic acids is 3. The minimum absolute atomic E-state index is 0.0627. The first kappa shape index (κ1) is 26.2. The van der Waals surface area contributed by atoms with Crippen molar-refractivity contribution in [2.45, 2.75) is 76.7 Å². The van der Waals surface area contributed by atoms with E-state index in [2.05, 4.69) is 10.2 Å². The topological polar surface area (TPSA) is 75.7 Å². The Morgan fingerprint density at radius 2 is 1.52 bits per heavy atom. The fraction of sp³-hybridized carbons (Fsp3) is 0.857. The number of carbonyl (C=O) groups is 3. The van der Waals surface area contributed by atoms with Crippen molar-refractivity contribution < 1.29 is 19.1 Å². The number of cyclic esters (lactones) is 1. The summed E-state index contributed by atoms with van der Waals surface area (Å²) in [6.07, 6.45) is 9.78. The first-order chi connectivity index (χ1) is 14.1. The van der Waals surface area contributed by atoms with Gasteiger partial charge in [-0.1, -0.05) is 38.5 Å². The van der Waals surface area contributed by atoms with Gasteiger partial charge >= 0.3 is 5.97 Å². The Balaban J connectivity index is 1.91. The Morgan fingerprint density at radius 3 is 2.07 bits per heavy atom. The molecule has 1 amide bonds. The summed E-state index contributed by atoms with van der Waals surface area (Å²) in [7, 11) is 0. The number of esters is 1. The summed E-state index contributed by atoms with van der Waals surface area (Å²) < 4.78 is 4.78. The third-order valence-electron chi connectivity index (χ3n) is 5.11. The molecule has 0 aromatic heterocycles. The summed E-state index contributed by atoms with van der Waals surface area (Å²) in [5, 5.41) is 2.57. The molecule has 0 saturated carbocycles. The predicted octanol–water partition coefficient (Wildman–Crippen LogP) is 3.67. The molecule has 1 heterocycles. The van der Waals surface area contributed by atoms with Gasteiger partial charge < -0.3 is 15.0 Å². The second kappa shape index (κ2) is 16.9. The number of ether oxygens (including phenoxy) is 1. The van der Waals surface area contributed by atoms with Gasteiger partial charge in [0.25, 0.3) is 0 Å². The zero-order valence-electron chi connectivity index (χ0n) is 17.4. The summed E-state index contributed by atoms with van der Waals surface area (Å²) in [4.78, 5) is 37.3. The standard InChI is InChI=1S/C21H36Cl2N2O4/c22-11-14-25(15-12-23)13-8-6-4-2-1-3-5-7-9-18(26)17-20(27)24-19-10-16-29-21(19)28/h19H,1-17H2,(H,24,27)/t19-/m0/s1. The molecule has 8 heteroatoms. The normalized spacial score (nSPS) is 16.2. The number of unbranched alkanes of at least 4 members (excludes halogenated alkanes) is 7. The molecule has 1 fully saturated rings. The zero-order chi connectivity index (χ0) is 21.3. The zero-order valence-corrected chi connectivity index (χ0v) is 18.9. The van der Waals surface area contributed by atoms with Gasteiger partial charge in [-0.2, -0.15) is 0 Å². The number of ketones is 1. The first-order valence-electron chi connectivity index (χ1n) is 10.9. The van der Waals surface area contributed by atoms with Crippen molar-refractivity contribution in [2.24, 2.45) is 0 Å². The lowest BCUT2D eigenvalue weighted by Crippen LogP contribution is -2.38. The summed E-state index contributed by atoms with van der Waals surface area (Å²) in [5.41, 5.74) is 0. The van der Waals surface area contributed by atoms with Crippen LogP contribution in [-0.4, -0.2) is 66.6 Å². The van der Waals surface area contributed by atoms with E-state index in [0.717, 1.165) is 38.9 Å². The molecule has 1 rings (SSSR count). The van der Waals surface area contributed by atoms with Gasteiger partial charge in [0.2, 0.25) is 5.91 Å². The van der Waals surface area contributed by atoms with E-state index in [9.17, 15) is 14.4 Å². The monoisotopic (exact) mass is 450 g/mol. The molecule has 0 bridgehead atoms. The average Bonchev–Trinajstić information content (AvgIpc) is 3.07. The fourth-order valence-corrected chi connectivity index (χ4v) is 3.91. The van der Waals surface area contributed by atoms with Gasteiger partial charge in [-0.25, -0.2) is 4.79 Å². The van der Waals surface area contributed by atoms with Crippen LogP contribution in [0.5, 0.6) is 0 Å². The van der Waals surface area contributed by atoms with Crippen molar-refractivity contribution >= 4 is 40.9 Å². The molecule has 1 saturated heterocycles. The smallest absolute Gasteiger partial charge is 0.328 e. The van der Waals surface area contributed by atoms with Crippen LogP contribution >= 0.6 is 23.2 Å². The van der Waals surface area contributed by atoms with Crippen LogP contribution in [0.1, 0.15) is 70.6 Å². The van der Waals surface area contributed by atoms with Crippen LogP contribution in [0.25, 0.3) is 0 Å². The van der Waals surface area contributed by atoms with Gasteiger partial charge in [0.15, 0.2) is 0 Å². The second-order valence-corrected chi connectivity index (χ2v) is 8.35. The lowest BCUT2D eigenvalue weighted by atomic mass is 10.0. The fourth-order valence-electron chi connectivity index (χ4n) is 3.43. The van der Waals surface area contributed by atoms with Crippen LogP contribution in [-0.2, 0) is 19.1 Å². The van der Waals surface area contributed by atoms with Crippen molar-refractivity contribution in [3.05, 3.63) is 0 Å². The molecule has 6 nitrogen and oxygen atoms in total. The molecule has 29 heavy (non-hydrogen) atoms. The van der Waals surface area contributed by atoms with E-state index in [-0.39, 0.29) is 18.1 Å². The first-order valence-corrected chi connectivity index (χ1v) is 12.0. The van der Waals surface area contributed by atoms with E-state index >= 15 is 0 Å². The number of nitrogens with one attached hydrogen (secondary N) is 1. The largest absolute Gasteiger partial charge is 0.464 e. The minimum Gasteiger partial charge on any atom is -0.464 e. The molecule has 1 aliphatic rings. The van der Waals surface area contributed by atoms with Gasteiger partial charge in [0.05, 0.1) is 13.0 Å². The van der Waals surface area contributed by atoms with Gasteiger partial charge in [0, 0.05) is 37.7 Å². The van der Waals surface area contributed by atoms with Gasteiger partial charge in [-0.05, 0) is 19.4 Å². The molecule has 1 N–H and O–H groups in total. The number of hydrogen-bond acceptors (Lipinski definition) is 5. The Kier molecular flexibility index (Phi) is 15.3. The molecule has 0 aliphatic carbocycles. The van der Waals surface area contributed by atoms with E-state index in [4.69, 9.17) is 27.9 Å². The number of Topliss-reactive ketones (excluding diaryl/α,β-unsaturated/α-hetero) is 1. The van der Waals surface area contributed by atoms with Crippen LogP contribution < -0.4 is 5.32 Å². The summed E-state index contributed by atoms with van der Waals surface area (Å²) in [6.45, 7) is 3.21. The van der Waals surface area contributed by atoms with Crippen molar-refractivity contribution in [2.75, 3.05) is 38.0 Å². The van der Waals surface area contributed by atoms with Gasteiger partial charge in [-0.3, -0.25) is 9.59 Å². The molecule has 0 unspecified atom stereocenters. The number of halogens is 2. The maximum Gasteiger partial charge on any atom is 0.328 e. The van der Waals surface area contributed by atoms with Crippen LogP contribution in [0.4, 0.5) is 0 Å². The average molecular weight is 451 g/mol. The van der Waals surface area contributed by atoms with E-state index < -0.39 is 12.0 Å². The van der Waals surface area contributed by atoms with E-state index in [0.29, 0.717) is 31.2 Å². The number of amides is 1. The molecule has 168 valence electrons. The van der Waals surface area contributed by atoms with Gasteiger partial charge in [0.1, 0.15) is 11.8 Å². The SMILES string of the molecule is O=C(CCCCCCCCCCN(CCCl)CCCl)CC(=O)N[C@H]1CCOC1=O. The predicted molar refractivity (Wildman–Crippen MR) is 117 cm³/mol. The van der Waals surface area contributed by atoms with Crippen molar-refractivity contribution in [1.29, 1.82) is 0 Å². The van der Waals surface area contributed by atoms with Crippen LogP contribution in [0.3, 0.4) is 0 Å². The molecule has 0 aromatic rings. The molecule has 1 aliphatic heterocycles. The second-order valence-electron chi connectivity index (χ2n) is 7.59. The Bertz CT molecular complexity index is 485. The third-order valence-corrected chi connectivity index (χ3v) is 5.45. The maximum absolute atomic E-state index is 11.9. The molecule has 0 radical (unpaired) electrons. The number of hydrogen-bond donors (Lipinski definition) is 1. The highest BCUT2D eigenvalue weighted by molar-refractivity contribution is 6.18. The highest BCUT2D eigenvalue weighted by atomic mass is 35.5. The Hall–Kier alpha value is -0.850. The summed E-state index contributed by atoms with van der Waals surface area (Å²) in [6, 6.07) is -0.584. The van der Waals surface area contributed by atoms with Crippen LogP contribution in [0.15, 0.2) is 0 Å². The van der Waals surface area contributed by atoms with Crippen molar-refractivity contribution in [3.8, 4) is 0 Å². The van der Waals surface area contributed by atoms with E-state index in [1.165, 1.54) is 32.1 Å².